The number of aromatic nitrogens is 1. The van der Waals surface area contributed by atoms with E-state index in [9.17, 15) is 13.9 Å². The number of halogens is 3. The molecule has 0 radical (unpaired) electrons. The van der Waals surface area contributed by atoms with Gasteiger partial charge in [0.2, 0.25) is 5.88 Å². The molecule has 3 rings (SSSR count). The average molecular weight is 334 g/mol. The van der Waals surface area contributed by atoms with Crippen molar-refractivity contribution in [1.29, 1.82) is 0 Å². The average Bonchev–Trinajstić information content (AvgIpc) is 2.54. The highest BCUT2D eigenvalue weighted by Crippen LogP contribution is 2.28. The molecule has 6 heteroatoms. The van der Waals surface area contributed by atoms with Gasteiger partial charge in [-0.05, 0) is 36.4 Å². The van der Waals surface area contributed by atoms with Crippen LogP contribution < -0.4 is 4.74 Å². The highest BCUT2D eigenvalue weighted by molar-refractivity contribution is 6.31. The van der Waals surface area contributed by atoms with E-state index in [1.54, 1.807) is 24.3 Å². The first-order chi connectivity index (χ1) is 11.0. The first kappa shape index (κ1) is 15.2. The number of phenolic OH excluding ortho intramolecular Hbond substituents is 1. The Labute approximate surface area is 135 Å². The van der Waals surface area contributed by atoms with Gasteiger partial charge >= 0.3 is 0 Å². The molecule has 0 bridgehead atoms. The molecule has 23 heavy (non-hydrogen) atoms. The minimum atomic E-state index is -0.736. The van der Waals surface area contributed by atoms with Crippen molar-refractivity contribution in [3.8, 4) is 28.6 Å². The van der Waals surface area contributed by atoms with Crippen molar-refractivity contribution in [3.05, 3.63) is 71.3 Å². The van der Waals surface area contributed by atoms with Crippen molar-refractivity contribution >= 4 is 11.6 Å². The van der Waals surface area contributed by atoms with Crippen molar-refractivity contribution in [2.45, 2.75) is 0 Å². The molecular formula is C17H10ClF2NO2. The lowest BCUT2D eigenvalue weighted by Gasteiger charge is -2.08. The van der Waals surface area contributed by atoms with Gasteiger partial charge in [-0.3, -0.25) is 0 Å². The van der Waals surface area contributed by atoms with Crippen LogP contribution in [0, 0.1) is 11.6 Å². The summed E-state index contributed by atoms with van der Waals surface area (Å²) < 4.78 is 31.7. The first-order valence-corrected chi connectivity index (χ1v) is 6.99. The Balaban J connectivity index is 1.90. The second-order valence-corrected chi connectivity index (χ2v) is 5.11. The predicted molar refractivity (Wildman–Crippen MR) is 82.8 cm³/mol. The van der Waals surface area contributed by atoms with Crippen molar-refractivity contribution in [3.63, 3.8) is 0 Å². The number of aromatic hydroxyl groups is 1. The van der Waals surface area contributed by atoms with Crippen molar-refractivity contribution < 1.29 is 18.6 Å². The molecule has 0 saturated heterocycles. The van der Waals surface area contributed by atoms with Crippen LogP contribution in [0.3, 0.4) is 0 Å². The van der Waals surface area contributed by atoms with E-state index in [1.165, 1.54) is 18.2 Å². The molecule has 1 aromatic heterocycles. The van der Waals surface area contributed by atoms with Crippen LogP contribution >= 0.6 is 11.6 Å². The lowest BCUT2D eigenvalue weighted by Crippen LogP contribution is -1.91. The maximum absolute atomic E-state index is 13.2. The van der Waals surface area contributed by atoms with Crippen molar-refractivity contribution in [2.75, 3.05) is 0 Å². The van der Waals surface area contributed by atoms with Crippen LogP contribution in [0.1, 0.15) is 0 Å². The third-order valence-electron chi connectivity index (χ3n) is 3.08. The van der Waals surface area contributed by atoms with E-state index in [0.29, 0.717) is 11.3 Å². The fraction of sp³-hybridized carbons (Fsp3) is 0. The van der Waals surface area contributed by atoms with Crippen LogP contribution in [-0.2, 0) is 0 Å². The number of benzene rings is 2. The van der Waals surface area contributed by atoms with E-state index in [0.717, 1.165) is 12.1 Å². The Kier molecular flexibility index (Phi) is 4.12. The third kappa shape index (κ3) is 3.40. The molecule has 2 aromatic carbocycles. The fourth-order valence-electron chi connectivity index (χ4n) is 1.96. The zero-order valence-electron chi connectivity index (χ0n) is 11.6. The predicted octanol–water partition coefficient (Wildman–Crippen LogP) is 5.18. The smallest absolute Gasteiger partial charge is 0.219 e. The van der Waals surface area contributed by atoms with E-state index >= 15 is 0 Å². The summed E-state index contributed by atoms with van der Waals surface area (Å²) >= 11 is 5.77. The van der Waals surface area contributed by atoms with Crippen LogP contribution in [0.25, 0.3) is 11.3 Å². The Morgan fingerprint density at radius 1 is 0.957 bits per heavy atom. The van der Waals surface area contributed by atoms with Gasteiger partial charge in [0.05, 0.1) is 10.7 Å². The Hall–Kier alpha value is -2.66. The van der Waals surface area contributed by atoms with Gasteiger partial charge in [-0.15, -0.1) is 0 Å². The molecule has 1 N–H and O–H groups in total. The van der Waals surface area contributed by atoms with Crippen LogP contribution in [0.2, 0.25) is 5.02 Å². The number of phenols is 1. The quantitative estimate of drug-likeness (QED) is 0.718. The Bertz CT molecular complexity index is 871. The molecule has 3 nitrogen and oxygen atoms in total. The number of pyridine rings is 1. The molecule has 0 fully saturated rings. The summed E-state index contributed by atoms with van der Waals surface area (Å²) in [5, 5.41) is 9.34. The first-order valence-electron chi connectivity index (χ1n) is 6.62. The zero-order valence-corrected chi connectivity index (χ0v) is 12.4. The molecular weight excluding hydrogens is 324 g/mol. The molecule has 3 aromatic rings. The van der Waals surface area contributed by atoms with E-state index in [4.69, 9.17) is 16.3 Å². The van der Waals surface area contributed by atoms with Gasteiger partial charge in [-0.25, -0.2) is 13.8 Å². The summed E-state index contributed by atoms with van der Waals surface area (Å²) in [6, 6.07) is 12.9. The SMILES string of the molecule is Oc1cc(Oc2cccc(-c3ccc(F)c(Cl)c3)n2)ccc1F. The number of hydrogen-bond acceptors (Lipinski definition) is 3. The third-order valence-corrected chi connectivity index (χ3v) is 3.37. The standard InChI is InChI=1S/C17H10ClF2NO2/c18-12-8-10(4-6-13(12)19)15-2-1-3-17(21-15)23-11-5-7-14(20)16(22)9-11/h1-9,22H. The van der Waals surface area contributed by atoms with Gasteiger partial charge in [-0.2, -0.15) is 0 Å². The van der Waals surface area contributed by atoms with Gasteiger partial charge in [0.15, 0.2) is 11.6 Å². The van der Waals surface area contributed by atoms with E-state index in [1.807, 2.05) is 0 Å². The summed E-state index contributed by atoms with van der Waals surface area (Å²) in [5.74, 6) is -1.27. The molecule has 0 amide bonds. The lowest BCUT2D eigenvalue weighted by atomic mass is 10.1. The summed E-state index contributed by atoms with van der Waals surface area (Å²) in [5.41, 5.74) is 1.17. The highest BCUT2D eigenvalue weighted by atomic mass is 35.5. The van der Waals surface area contributed by atoms with E-state index < -0.39 is 17.4 Å². The Morgan fingerprint density at radius 2 is 1.74 bits per heavy atom. The molecule has 0 aliphatic heterocycles. The summed E-state index contributed by atoms with van der Waals surface area (Å²) in [6.45, 7) is 0. The van der Waals surface area contributed by atoms with E-state index in [-0.39, 0.29) is 16.7 Å². The van der Waals surface area contributed by atoms with Gasteiger partial charge < -0.3 is 9.84 Å². The number of rotatable bonds is 3. The Morgan fingerprint density at radius 3 is 2.48 bits per heavy atom. The normalized spacial score (nSPS) is 10.6. The molecule has 0 aliphatic rings. The number of hydrogen-bond donors (Lipinski definition) is 1. The molecule has 116 valence electrons. The summed E-state index contributed by atoms with van der Waals surface area (Å²) in [6.07, 6.45) is 0. The topological polar surface area (TPSA) is 42.4 Å². The van der Waals surface area contributed by atoms with Crippen LogP contribution in [0.15, 0.2) is 54.6 Å². The molecule has 0 saturated carbocycles. The minimum absolute atomic E-state index is 0.000853. The molecule has 1 heterocycles. The van der Waals surface area contributed by atoms with Crippen molar-refractivity contribution in [1.82, 2.24) is 4.98 Å². The molecule has 0 aliphatic carbocycles. The minimum Gasteiger partial charge on any atom is -0.505 e. The second-order valence-electron chi connectivity index (χ2n) is 4.71. The molecule has 0 unspecified atom stereocenters. The van der Waals surface area contributed by atoms with Gasteiger partial charge in [0, 0.05) is 17.7 Å². The molecule has 0 spiro atoms. The largest absolute Gasteiger partial charge is 0.505 e. The van der Waals surface area contributed by atoms with Gasteiger partial charge in [0.1, 0.15) is 11.6 Å². The van der Waals surface area contributed by atoms with Crippen molar-refractivity contribution in [2.24, 2.45) is 0 Å². The van der Waals surface area contributed by atoms with E-state index in [2.05, 4.69) is 4.98 Å². The van der Waals surface area contributed by atoms with Crippen LogP contribution in [0.5, 0.6) is 17.4 Å². The number of ether oxygens (including phenoxy) is 1. The monoisotopic (exact) mass is 333 g/mol. The van der Waals surface area contributed by atoms with Gasteiger partial charge in [0.25, 0.3) is 0 Å². The summed E-state index contributed by atoms with van der Waals surface area (Å²) in [4.78, 5) is 4.28. The lowest BCUT2D eigenvalue weighted by molar-refractivity contribution is 0.418. The molecule has 0 atom stereocenters. The number of nitrogens with zero attached hydrogens (tertiary/aromatic N) is 1. The van der Waals surface area contributed by atoms with Crippen LogP contribution in [0.4, 0.5) is 8.78 Å². The summed E-state index contributed by atoms with van der Waals surface area (Å²) in [7, 11) is 0. The maximum Gasteiger partial charge on any atom is 0.219 e. The highest BCUT2D eigenvalue weighted by Gasteiger charge is 2.08. The van der Waals surface area contributed by atoms with Gasteiger partial charge in [-0.1, -0.05) is 17.7 Å². The van der Waals surface area contributed by atoms with Crippen LogP contribution in [-0.4, -0.2) is 10.1 Å². The second kappa shape index (κ2) is 6.22. The maximum atomic E-state index is 13.2. The zero-order chi connectivity index (χ0) is 16.4. The fourth-order valence-corrected chi connectivity index (χ4v) is 2.15.